The molecule has 2 saturated heterocycles. The third-order valence-electron chi connectivity index (χ3n) is 6.19. The van der Waals surface area contributed by atoms with Gasteiger partial charge in [0.25, 0.3) is 0 Å². The molecule has 4 heterocycles. The predicted molar refractivity (Wildman–Crippen MR) is 118 cm³/mol. The average Bonchev–Trinajstić information content (AvgIpc) is 3.36. The van der Waals surface area contributed by atoms with Crippen LogP contribution in [-0.2, 0) is 4.74 Å². The van der Waals surface area contributed by atoms with Crippen LogP contribution in [-0.4, -0.2) is 78.1 Å². The number of piperidine rings is 1. The van der Waals surface area contributed by atoms with E-state index >= 15 is 0 Å². The van der Waals surface area contributed by atoms with Gasteiger partial charge in [0.15, 0.2) is 0 Å². The maximum absolute atomic E-state index is 13.6. The Hall–Kier alpha value is -2.27. The second-order valence-electron chi connectivity index (χ2n) is 8.30. The van der Waals surface area contributed by atoms with Gasteiger partial charge in [-0.25, -0.2) is 13.9 Å². The predicted octanol–water partition coefficient (Wildman–Crippen LogP) is 2.24. The van der Waals surface area contributed by atoms with Gasteiger partial charge in [-0.3, -0.25) is 4.90 Å². The van der Waals surface area contributed by atoms with Crippen molar-refractivity contribution in [2.45, 2.75) is 18.4 Å². The highest BCUT2D eigenvalue weighted by Crippen LogP contribution is 2.34. The van der Waals surface area contributed by atoms with Crippen LogP contribution >= 0.6 is 11.3 Å². The minimum Gasteiger partial charge on any atom is -0.496 e. The number of ether oxygens (including phenoxy) is 2. The number of aromatic nitrogens is 3. The van der Waals surface area contributed by atoms with Gasteiger partial charge in [-0.2, -0.15) is 0 Å². The molecule has 0 saturated carbocycles. The third-order valence-corrected chi connectivity index (χ3v) is 7.17. The lowest BCUT2D eigenvalue weighted by molar-refractivity contribution is 0.0250. The molecule has 0 radical (unpaired) electrons. The molecule has 1 aromatic carbocycles. The van der Waals surface area contributed by atoms with Gasteiger partial charge >= 0.3 is 0 Å². The van der Waals surface area contributed by atoms with Crippen molar-refractivity contribution >= 4 is 21.4 Å². The fourth-order valence-electron chi connectivity index (χ4n) is 4.38. The molecule has 0 spiro atoms. The van der Waals surface area contributed by atoms with E-state index in [0.29, 0.717) is 5.75 Å². The highest BCUT2D eigenvalue weighted by Gasteiger charge is 2.34. The zero-order valence-corrected chi connectivity index (χ0v) is 18.4. The summed E-state index contributed by atoms with van der Waals surface area (Å²) in [5.74, 6) is 0.126. The van der Waals surface area contributed by atoms with Crippen molar-refractivity contribution in [1.29, 1.82) is 0 Å². The highest BCUT2D eigenvalue weighted by molar-refractivity contribution is 7.20. The maximum Gasteiger partial charge on any atom is 0.214 e. The molecule has 0 atom stereocenters. The number of nitrogens with two attached hydrogens (primary N) is 1. The van der Waals surface area contributed by atoms with Gasteiger partial charge in [0, 0.05) is 49.9 Å². The first-order valence-electron chi connectivity index (χ1n) is 10.6. The number of hydrogen-bond donors (Lipinski definition) is 1. The number of methoxy groups -OCH3 is 1. The molecule has 0 amide bonds. The second kappa shape index (κ2) is 8.34. The SMILES string of the molecule is COc1cc(F)ccc1-c1cnc2sc(N3CCC(N)(CN4CCOCC4)CC3)nn12. The van der Waals surface area contributed by atoms with E-state index in [2.05, 4.69) is 14.8 Å². The van der Waals surface area contributed by atoms with Crippen molar-refractivity contribution in [3.8, 4) is 17.0 Å². The Morgan fingerprint density at radius 2 is 2.00 bits per heavy atom. The Morgan fingerprint density at radius 3 is 2.74 bits per heavy atom. The van der Waals surface area contributed by atoms with Crippen molar-refractivity contribution in [2.75, 3.05) is 57.9 Å². The van der Waals surface area contributed by atoms with Gasteiger partial charge in [0.05, 0.1) is 32.2 Å². The zero-order chi connectivity index (χ0) is 21.4. The minimum atomic E-state index is -0.337. The van der Waals surface area contributed by atoms with Crippen LogP contribution in [0.5, 0.6) is 5.75 Å². The van der Waals surface area contributed by atoms with Crippen LogP contribution in [0.25, 0.3) is 16.2 Å². The summed E-state index contributed by atoms with van der Waals surface area (Å²) in [6.45, 7) is 6.16. The molecule has 0 bridgehead atoms. The van der Waals surface area contributed by atoms with Crippen molar-refractivity contribution in [1.82, 2.24) is 19.5 Å². The van der Waals surface area contributed by atoms with Crippen molar-refractivity contribution in [2.24, 2.45) is 5.73 Å². The summed E-state index contributed by atoms with van der Waals surface area (Å²) in [7, 11) is 1.53. The lowest BCUT2D eigenvalue weighted by Crippen LogP contribution is -2.58. The average molecular weight is 447 g/mol. The van der Waals surface area contributed by atoms with Crippen molar-refractivity contribution < 1.29 is 13.9 Å². The van der Waals surface area contributed by atoms with Crippen LogP contribution in [0.2, 0.25) is 0 Å². The fourth-order valence-corrected chi connectivity index (χ4v) is 5.31. The highest BCUT2D eigenvalue weighted by atomic mass is 32.1. The fraction of sp³-hybridized carbons (Fsp3) is 0.524. The topological polar surface area (TPSA) is 81.1 Å². The molecule has 8 nitrogen and oxygen atoms in total. The minimum absolute atomic E-state index is 0.169. The normalized spacial score (nSPS) is 19.8. The third kappa shape index (κ3) is 4.12. The van der Waals surface area contributed by atoms with Gasteiger partial charge in [0.2, 0.25) is 10.1 Å². The van der Waals surface area contributed by atoms with E-state index in [1.54, 1.807) is 23.6 Å². The molecular formula is C21H27FN6O2S. The summed E-state index contributed by atoms with van der Waals surface area (Å²) in [5, 5.41) is 5.75. The number of benzene rings is 1. The number of fused-ring (bicyclic) bond motifs is 1. The number of halogens is 1. The lowest BCUT2D eigenvalue weighted by Gasteiger charge is -2.42. The number of hydrogen-bond acceptors (Lipinski definition) is 8. The van der Waals surface area contributed by atoms with Crippen LogP contribution < -0.4 is 15.4 Å². The van der Waals surface area contributed by atoms with Gasteiger partial charge < -0.3 is 20.1 Å². The summed E-state index contributed by atoms with van der Waals surface area (Å²) >= 11 is 1.56. The Labute approximate surface area is 184 Å². The zero-order valence-electron chi connectivity index (χ0n) is 17.6. The Kier molecular flexibility index (Phi) is 5.55. The van der Waals surface area contributed by atoms with Crippen LogP contribution in [0.15, 0.2) is 24.4 Å². The Morgan fingerprint density at radius 1 is 1.23 bits per heavy atom. The summed E-state index contributed by atoms with van der Waals surface area (Å²) in [5.41, 5.74) is 8.12. The standard InChI is InChI=1S/C21H27FN6O2S/c1-29-18-12-15(22)2-3-16(18)17-13-24-19-28(17)25-20(31-19)27-6-4-21(23,5-7-27)14-26-8-10-30-11-9-26/h2-3,12-13H,4-11,14,23H2,1H3. The molecule has 166 valence electrons. The monoisotopic (exact) mass is 446 g/mol. The van der Waals surface area contributed by atoms with E-state index in [1.807, 2.05) is 4.52 Å². The van der Waals surface area contributed by atoms with E-state index in [1.165, 1.54) is 19.2 Å². The molecule has 3 aromatic rings. The van der Waals surface area contributed by atoms with E-state index in [4.69, 9.17) is 20.3 Å². The molecule has 10 heteroatoms. The van der Waals surface area contributed by atoms with E-state index in [-0.39, 0.29) is 11.4 Å². The first-order chi connectivity index (χ1) is 15.0. The largest absolute Gasteiger partial charge is 0.496 e. The molecule has 2 aromatic heterocycles. The molecular weight excluding hydrogens is 419 g/mol. The summed E-state index contributed by atoms with van der Waals surface area (Å²) in [6, 6.07) is 4.50. The molecule has 0 aliphatic carbocycles. The van der Waals surface area contributed by atoms with Crippen molar-refractivity contribution in [3.05, 3.63) is 30.2 Å². The summed E-state index contributed by atoms with van der Waals surface area (Å²) < 4.78 is 26.2. The van der Waals surface area contributed by atoms with Gasteiger partial charge in [-0.15, -0.1) is 5.10 Å². The first-order valence-corrected chi connectivity index (χ1v) is 11.4. The van der Waals surface area contributed by atoms with Gasteiger partial charge in [0.1, 0.15) is 11.6 Å². The molecule has 2 fully saturated rings. The van der Waals surface area contributed by atoms with Crippen LogP contribution in [0.4, 0.5) is 9.52 Å². The van der Waals surface area contributed by atoms with Gasteiger partial charge in [-0.05, 0) is 25.0 Å². The maximum atomic E-state index is 13.6. The summed E-state index contributed by atoms with van der Waals surface area (Å²) in [6.07, 6.45) is 3.59. The molecule has 2 N–H and O–H groups in total. The van der Waals surface area contributed by atoms with Gasteiger partial charge in [-0.1, -0.05) is 11.3 Å². The van der Waals surface area contributed by atoms with Crippen LogP contribution in [0, 0.1) is 5.82 Å². The first kappa shape index (κ1) is 20.6. The lowest BCUT2D eigenvalue weighted by atomic mass is 9.88. The second-order valence-corrected chi connectivity index (χ2v) is 9.24. The number of imidazole rings is 1. The molecule has 2 aliphatic rings. The van der Waals surface area contributed by atoms with E-state index in [9.17, 15) is 4.39 Å². The Balaban J connectivity index is 1.32. The van der Waals surface area contributed by atoms with E-state index in [0.717, 1.165) is 80.1 Å². The number of rotatable bonds is 5. The smallest absolute Gasteiger partial charge is 0.214 e. The Bertz CT molecular complexity index is 1060. The molecule has 31 heavy (non-hydrogen) atoms. The van der Waals surface area contributed by atoms with Crippen LogP contribution in [0.3, 0.4) is 0 Å². The quantitative estimate of drug-likeness (QED) is 0.644. The summed E-state index contributed by atoms with van der Waals surface area (Å²) in [4.78, 5) is 10.0. The number of anilines is 1. The van der Waals surface area contributed by atoms with Crippen molar-refractivity contribution in [3.63, 3.8) is 0 Å². The molecule has 2 aliphatic heterocycles. The number of morpholine rings is 1. The molecule has 5 rings (SSSR count). The number of nitrogens with zero attached hydrogens (tertiary/aromatic N) is 5. The van der Waals surface area contributed by atoms with Crippen LogP contribution in [0.1, 0.15) is 12.8 Å². The molecule has 0 unspecified atom stereocenters. The van der Waals surface area contributed by atoms with E-state index < -0.39 is 0 Å².